The maximum absolute atomic E-state index is 15.0. The van der Waals surface area contributed by atoms with E-state index in [0.29, 0.717) is 36.8 Å². The molecule has 1 amide bonds. The summed E-state index contributed by atoms with van der Waals surface area (Å²) in [5.41, 5.74) is 1.69. The molecule has 0 bridgehead atoms. The normalized spacial score (nSPS) is 17.9. The van der Waals surface area contributed by atoms with Gasteiger partial charge in [0.25, 0.3) is 5.91 Å². The number of halogens is 1. The number of carbonyl (C=O) groups is 1. The first kappa shape index (κ1) is 21.6. The molecular weight excluding hydrogens is 395 g/mol. The smallest absolute Gasteiger partial charge is 0.257 e. The van der Waals surface area contributed by atoms with E-state index in [4.69, 9.17) is 9.47 Å². The SMILES string of the molecule is CCCN(CC)CC1CCCN1C(=O)c1ccc(-c2ccc3c(c2)OCCO3)cc1F. The molecule has 0 aromatic heterocycles. The van der Waals surface area contributed by atoms with Crippen molar-refractivity contribution in [2.24, 2.45) is 0 Å². The third-order valence-corrected chi connectivity index (χ3v) is 6.17. The number of hydrogen-bond acceptors (Lipinski definition) is 4. The molecule has 0 aliphatic carbocycles. The third-order valence-electron chi connectivity index (χ3n) is 6.17. The van der Waals surface area contributed by atoms with E-state index < -0.39 is 5.82 Å². The quantitative estimate of drug-likeness (QED) is 0.649. The highest BCUT2D eigenvalue weighted by Crippen LogP contribution is 2.35. The first-order valence-electron chi connectivity index (χ1n) is 11.3. The molecular formula is C25H31FN2O3. The standard InChI is InChI=1S/C25H31FN2O3/c1-3-11-27(4-2)17-20-6-5-12-28(20)25(29)21-9-7-18(15-22(21)26)19-8-10-23-24(16-19)31-14-13-30-23/h7-10,15-16,20H,3-6,11-14,17H2,1-2H3. The van der Waals surface area contributed by atoms with Crippen molar-refractivity contribution in [3.63, 3.8) is 0 Å². The van der Waals surface area contributed by atoms with Crippen LogP contribution in [0.15, 0.2) is 36.4 Å². The highest BCUT2D eigenvalue weighted by molar-refractivity contribution is 5.95. The summed E-state index contributed by atoms with van der Waals surface area (Å²) in [5, 5.41) is 0. The van der Waals surface area contributed by atoms with Crippen LogP contribution >= 0.6 is 0 Å². The Morgan fingerprint density at radius 3 is 2.58 bits per heavy atom. The van der Waals surface area contributed by atoms with Gasteiger partial charge in [-0.3, -0.25) is 4.79 Å². The summed E-state index contributed by atoms with van der Waals surface area (Å²) in [6.45, 7) is 8.88. The van der Waals surface area contributed by atoms with Gasteiger partial charge in [-0.25, -0.2) is 4.39 Å². The van der Waals surface area contributed by atoms with Gasteiger partial charge in [0, 0.05) is 19.1 Å². The molecule has 0 N–H and O–H groups in total. The van der Waals surface area contributed by atoms with Gasteiger partial charge < -0.3 is 19.3 Å². The molecule has 2 heterocycles. The number of amides is 1. The van der Waals surface area contributed by atoms with Crippen molar-refractivity contribution in [1.29, 1.82) is 0 Å². The minimum atomic E-state index is -0.482. The molecule has 2 aliphatic rings. The van der Waals surface area contributed by atoms with Gasteiger partial charge in [-0.05, 0) is 67.7 Å². The Bertz CT molecular complexity index is 933. The van der Waals surface area contributed by atoms with Crippen LogP contribution in [-0.2, 0) is 0 Å². The molecule has 6 heteroatoms. The summed E-state index contributed by atoms with van der Waals surface area (Å²) in [6, 6.07) is 10.6. The molecule has 1 unspecified atom stereocenters. The maximum Gasteiger partial charge on any atom is 0.257 e. The number of carbonyl (C=O) groups excluding carboxylic acids is 1. The molecule has 1 atom stereocenters. The Morgan fingerprint density at radius 1 is 1.10 bits per heavy atom. The number of likely N-dealkylation sites (N-methyl/N-ethyl adjacent to an activating group) is 1. The number of rotatable bonds is 7. The van der Waals surface area contributed by atoms with Crippen molar-refractivity contribution >= 4 is 5.91 Å². The highest BCUT2D eigenvalue weighted by Gasteiger charge is 2.31. The van der Waals surface area contributed by atoms with Gasteiger partial charge in [0.2, 0.25) is 0 Å². The van der Waals surface area contributed by atoms with E-state index in [9.17, 15) is 4.79 Å². The first-order chi connectivity index (χ1) is 15.1. The molecule has 5 nitrogen and oxygen atoms in total. The summed E-state index contributed by atoms with van der Waals surface area (Å²) < 4.78 is 26.2. The van der Waals surface area contributed by atoms with E-state index in [2.05, 4.69) is 18.7 Å². The van der Waals surface area contributed by atoms with Crippen LogP contribution in [0.3, 0.4) is 0 Å². The monoisotopic (exact) mass is 426 g/mol. The van der Waals surface area contributed by atoms with Crippen molar-refractivity contribution < 1.29 is 18.7 Å². The summed E-state index contributed by atoms with van der Waals surface area (Å²) in [7, 11) is 0. The zero-order valence-electron chi connectivity index (χ0n) is 18.4. The van der Waals surface area contributed by atoms with Gasteiger partial charge in [0.05, 0.1) is 5.56 Å². The molecule has 1 fully saturated rings. The van der Waals surface area contributed by atoms with Gasteiger partial charge in [-0.15, -0.1) is 0 Å². The average molecular weight is 427 g/mol. The predicted octanol–water partition coefficient (Wildman–Crippen LogP) is 4.60. The summed E-state index contributed by atoms with van der Waals surface area (Å²) >= 11 is 0. The number of ether oxygens (including phenoxy) is 2. The van der Waals surface area contributed by atoms with Crippen LogP contribution in [0.4, 0.5) is 4.39 Å². The Hall–Kier alpha value is -2.60. The van der Waals surface area contributed by atoms with Crippen molar-refractivity contribution in [3.8, 4) is 22.6 Å². The molecule has 31 heavy (non-hydrogen) atoms. The number of nitrogens with zero attached hydrogens (tertiary/aromatic N) is 2. The lowest BCUT2D eigenvalue weighted by atomic mass is 10.0. The Labute approximate surface area is 183 Å². The molecule has 2 aliphatic heterocycles. The van der Waals surface area contributed by atoms with Crippen LogP contribution in [-0.4, -0.2) is 61.1 Å². The summed E-state index contributed by atoms with van der Waals surface area (Å²) in [4.78, 5) is 17.4. The van der Waals surface area contributed by atoms with Crippen LogP contribution in [0.2, 0.25) is 0 Å². The minimum absolute atomic E-state index is 0.145. The first-order valence-corrected chi connectivity index (χ1v) is 11.3. The zero-order valence-corrected chi connectivity index (χ0v) is 18.4. The Kier molecular flexibility index (Phi) is 6.76. The number of benzene rings is 2. The molecule has 2 aromatic rings. The van der Waals surface area contributed by atoms with Crippen LogP contribution in [0.25, 0.3) is 11.1 Å². The fourth-order valence-corrected chi connectivity index (χ4v) is 4.53. The fourth-order valence-electron chi connectivity index (χ4n) is 4.53. The lowest BCUT2D eigenvalue weighted by molar-refractivity contribution is 0.0697. The van der Waals surface area contributed by atoms with Crippen molar-refractivity contribution in [2.45, 2.75) is 39.2 Å². The lowest BCUT2D eigenvalue weighted by Gasteiger charge is -2.30. The van der Waals surface area contributed by atoms with Gasteiger partial charge in [-0.2, -0.15) is 0 Å². The van der Waals surface area contributed by atoms with E-state index in [0.717, 1.165) is 44.5 Å². The molecule has 4 rings (SSSR count). The average Bonchev–Trinajstić information content (AvgIpc) is 3.26. The number of fused-ring (bicyclic) bond motifs is 1. The van der Waals surface area contributed by atoms with Gasteiger partial charge >= 0.3 is 0 Å². The molecule has 0 saturated carbocycles. The van der Waals surface area contributed by atoms with Crippen molar-refractivity contribution in [3.05, 3.63) is 47.8 Å². The second-order valence-electron chi connectivity index (χ2n) is 8.24. The Morgan fingerprint density at radius 2 is 1.84 bits per heavy atom. The predicted molar refractivity (Wildman–Crippen MR) is 119 cm³/mol. The minimum Gasteiger partial charge on any atom is -0.486 e. The second-order valence-corrected chi connectivity index (χ2v) is 8.24. The highest BCUT2D eigenvalue weighted by atomic mass is 19.1. The van der Waals surface area contributed by atoms with E-state index in [-0.39, 0.29) is 17.5 Å². The van der Waals surface area contributed by atoms with Crippen LogP contribution in [0.5, 0.6) is 11.5 Å². The van der Waals surface area contributed by atoms with E-state index in [1.54, 1.807) is 6.07 Å². The second kappa shape index (κ2) is 9.69. The van der Waals surface area contributed by atoms with Crippen LogP contribution < -0.4 is 9.47 Å². The number of hydrogen-bond donors (Lipinski definition) is 0. The maximum atomic E-state index is 15.0. The third kappa shape index (κ3) is 4.69. The van der Waals surface area contributed by atoms with Crippen LogP contribution in [0.1, 0.15) is 43.5 Å². The zero-order chi connectivity index (χ0) is 21.8. The van der Waals surface area contributed by atoms with Crippen molar-refractivity contribution in [1.82, 2.24) is 9.80 Å². The largest absolute Gasteiger partial charge is 0.486 e. The fraction of sp³-hybridized carbons (Fsp3) is 0.480. The van der Waals surface area contributed by atoms with Gasteiger partial charge in [0.1, 0.15) is 19.0 Å². The van der Waals surface area contributed by atoms with E-state index >= 15 is 4.39 Å². The molecule has 0 radical (unpaired) electrons. The lowest BCUT2D eigenvalue weighted by Crippen LogP contribution is -2.43. The summed E-state index contributed by atoms with van der Waals surface area (Å²) in [5.74, 6) is 0.675. The molecule has 0 spiro atoms. The van der Waals surface area contributed by atoms with Gasteiger partial charge in [-0.1, -0.05) is 26.0 Å². The topological polar surface area (TPSA) is 42.0 Å². The van der Waals surface area contributed by atoms with Crippen LogP contribution in [0, 0.1) is 5.82 Å². The van der Waals surface area contributed by atoms with Crippen molar-refractivity contribution in [2.75, 3.05) is 39.4 Å². The van der Waals surface area contributed by atoms with E-state index in [1.807, 2.05) is 29.2 Å². The Balaban J connectivity index is 1.51. The summed E-state index contributed by atoms with van der Waals surface area (Å²) in [6.07, 6.45) is 3.03. The van der Waals surface area contributed by atoms with Gasteiger partial charge in [0.15, 0.2) is 11.5 Å². The van der Waals surface area contributed by atoms with E-state index in [1.165, 1.54) is 6.07 Å². The molecule has 2 aromatic carbocycles. The number of likely N-dealkylation sites (tertiary alicyclic amines) is 1. The molecule has 1 saturated heterocycles. The molecule has 166 valence electrons.